The van der Waals surface area contributed by atoms with E-state index in [9.17, 15) is 9.59 Å². The van der Waals surface area contributed by atoms with Gasteiger partial charge in [-0.25, -0.2) is 4.79 Å². The molecule has 0 saturated heterocycles. The van der Waals surface area contributed by atoms with Crippen LogP contribution >= 0.6 is 0 Å². The number of carbonyl (C=O) groups is 1. The molecule has 0 fully saturated rings. The molecule has 98 valence electrons. The number of carbonyl (C=O) groups excluding carboxylic acids is 1. The Morgan fingerprint density at radius 1 is 1.58 bits per heavy atom. The van der Waals surface area contributed by atoms with Crippen molar-refractivity contribution in [2.24, 2.45) is 5.92 Å². The van der Waals surface area contributed by atoms with Crippen molar-refractivity contribution in [2.75, 3.05) is 0 Å². The molecule has 6 heteroatoms. The van der Waals surface area contributed by atoms with Gasteiger partial charge in [-0.3, -0.25) is 9.78 Å². The zero-order chi connectivity index (χ0) is 13.8. The molecular weight excluding hydrogens is 246 g/mol. The Labute approximate surface area is 109 Å². The highest BCUT2D eigenvalue weighted by molar-refractivity contribution is 5.81. The van der Waals surface area contributed by atoms with E-state index < -0.39 is 11.7 Å². The zero-order valence-corrected chi connectivity index (χ0v) is 10.4. The van der Waals surface area contributed by atoms with E-state index in [-0.39, 0.29) is 5.91 Å². The minimum atomic E-state index is -0.627. The first-order chi connectivity index (χ1) is 9.13. The lowest BCUT2D eigenvalue weighted by atomic mass is 10.1. The third kappa shape index (κ3) is 2.83. The first-order valence-corrected chi connectivity index (χ1v) is 5.93. The molecule has 0 bridgehead atoms. The summed E-state index contributed by atoms with van der Waals surface area (Å²) in [4.78, 5) is 25.2. The second-order valence-corrected chi connectivity index (χ2v) is 4.15. The van der Waals surface area contributed by atoms with E-state index in [1.165, 1.54) is 0 Å². The fourth-order valence-electron chi connectivity index (χ4n) is 1.76. The molecule has 0 aliphatic carbocycles. The van der Waals surface area contributed by atoms with E-state index in [0.717, 1.165) is 5.56 Å². The predicted octanol–water partition coefficient (Wildman–Crippen LogP) is 1.29. The fourth-order valence-corrected chi connectivity index (χ4v) is 1.76. The SMILES string of the molecule is CCC(C#N)C(=O)NCc1ccc2oc(=O)[nH]c2c1. The van der Waals surface area contributed by atoms with Gasteiger partial charge < -0.3 is 9.73 Å². The van der Waals surface area contributed by atoms with Crippen LogP contribution in [0.25, 0.3) is 11.1 Å². The highest BCUT2D eigenvalue weighted by Crippen LogP contribution is 2.12. The molecular formula is C13H13N3O3. The molecule has 1 atom stereocenters. The molecule has 1 amide bonds. The van der Waals surface area contributed by atoms with E-state index in [2.05, 4.69) is 10.3 Å². The van der Waals surface area contributed by atoms with Gasteiger partial charge in [0.1, 0.15) is 5.92 Å². The van der Waals surface area contributed by atoms with E-state index in [0.29, 0.717) is 24.1 Å². The number of nitrogens with zero attached hydrogens (tertiary/aromatic N) is 1. The molecule has 1 heterocycles. The number of nitrogens with one attached hydrogen (secondary N) is 2. The van der Waals surface area contributed by atoms with Crippen molar-refractivity contribution >= 4 is 17.0 Å². The maximum absolute atomic E-state index is 11.6. The van der Waals surface area contributed by atoms with Crippen molar-refractivity contribution in [1.82, 2.24) is 10.3 Å². The van der Waals surface area contributed by atoms with Gasteiger partial charge in [0.2, 0.25) is 5.91 Å². The normalized spacial score (nSPS) is 12.0. The van der Waals surface area contributed by atoms with E-state index in [1.54, 1.807) is 25.1 Å². The Morgan fingerprint density at radius 3 is 3.05 bits per heavy atom. The topological polar surface area (TPSA) is 98.9 Å². The number of H-pyrrole nitrogens is 1. The van der Waals surface area contributed by atoms with Crippen LogP contribution in [0.5, 0.6) is 0 Å². The molecule has 0 aliphatic heterocycles. The van der Waals surface area contributed by atoms with Gasteiger partial charge in [-0.2, -0.15) is 5.26 Å². The first kappa shape index (κ1) is 12.9. The van der Waals surface area contributed by atoms with Crippen LogP contribution in [0.1, 0.15) is 18.9 Å². The van der Waals surface area contributed by atoms with Crippen molar-refractivity contribution in [1.29, 1.82) is 5.26 Å². The third-order valence-corrected chi connectivity index (χ3v) is 2.83. The van der Waals surface area contributed by atoms with Crippen LogP contribution in [0.3, 0.4) is 0 Å². The van der Waals surface area contributed by atoms with Gasteiger partial charge in [0.15, 0.2) is 5.58 Å². The van der Waals surface area contributed by atoms with Gasteiger partial charge in [-0.05, 0) is 24.1 Å². The van der Waals surface area contributed by atoms with Gasteiger partial charge in [0, 0.05) is 6.54 Å². The highest BCUT2D eigenvalue weighted by Gasteiger charge is 2.14. The molecule has 2 N–H and O–H groups in total. The Hall–Kier alpha value is -2.55. The smallest absolute Gasteiger partial charge is 0.408 e. The fraction of sp³-hybridized carbons (Fsp3) is 0.308. The molecule has 0 aliphatic rings. The summed E-state index contributed by atoms with van der Waals surface area (Å²) in [5, 5.41) is 11.5. The molecule has 6 nitrogen and oxygen atoms in total. The summed E-state index contributed by atoms with van der Waals surface area (Å²) < 4.78 is 4.88. The molecule has 0 saturated carbocycles. The van der Waals surface area contributed by atoms with Crippen molar-refractivity contribution in [2.45, 2.75) is 19.9 Å². The van der Waals surface area contributed by atoms with Crippen LogP contribution < -0.4 is 11.1 Å². The van der Waals surface area contributed by atoms with E-state index >= 15 is 0 Å². The molecule has 2 aromatic rings. The highest BCUT2D eigenvalue weighted by atomic mass is 16.4. The summed E-state index contributed by atoms with van der Waals surface area (Å²) >= 11 is 0. The molecule has 2 rings (SSSR count). The molecule has 1 aromatic heterocycles. The second-order valence-electron chi connectivity index (χ2n) is 4.15. The number of hydrogen-bond donors (Lipinski definition) is 2. The largest absolute Gasteiger partial charge is 0.417 e. The number of oxazole rings is 1. The van der Waals surface area contributed by atoms with Gasteiger partial charge in [-0.15, -0.1) is 0 Å². The Balaban J connectivity index is 2.08. The van der Waals surface area contributed by atoms with Crippen molar-refractivity contribution in [3.8, 4) is 6.07 Å². The number of benzene rings is 1. The maximum Gasteiger partial charge on any atom is 0.417 e. The Bertz CT molecular complexity index is 693. The maximum atomic E-state index is 11.6. The van der Waals surface area contributed by atoms with Crippen LogP contribution in [0.4, 0.5) is 0 Å². The summed E-state index contributed by atoms with van der Waals surface area (Å²) in [5.41, 5.74) is 1.89. The number of hydrogen-bond acceptors (Lipinski definition) is 4. The summed E-state index contributed by atoms with van der Waals surface area (Å²) in [5.74, 6) is -1.42. The van der Waals surface area contributed by atoms with E-state index in [4.69, 9.17) is 9.68 Å². The van der Waals surface area contributed by atoms with Crippen molar-refractivity contribution in [3.63, 3.8) is 0 Å². The Morgan fingerprint density at radius 2 is 2.37 bits per heavy atom. The van der Waals surface area contributed by atoms with Crippen LogP contribution in [0, 0.1) is 17.2 Å². The lowest BCUT2D eigenvalue weighted by Crippen LogP contribution is -2.29. The number of rotatable bonds is 4. The quantitative estimate of drug-likeness (QED) is 0.864. The molecule has 19 heavy (non-hydrogen) atoms. The minimum absolute atomic E-state index is 0.286. The number of amides is 1. The summed E-state index contributed by atoms with van der Waals surface area (Å²) in [7, 11) is 0. The van der Waals surface area contributed by atoms with Crippen LogP contribution in [0.2, 0.25) is 0 Å². The molecule has 1 aromatic carbocycles. The third-order valence-electron chi connectivity index (χ3n) is 2.83. The number of fused-ring (bicyclic) bond motifs is 1. The lowest BCUT2D eigenvalue weighted by Gasteiger charge is -2.08. The predicted molar refractivity (Wildman–Crippen MR) is 68.1 cm³/mol. The van der Waals surface area contributed by atoms with Gasteiger partial charge >= 0.3 is 5.76 Å². The average Bonchev–Trinajstić information content (AvgIpc) is 2.77. The number of aromatic nitrogens is 1. The molecule has 0 radical (unpaired) electrons. The summed E-state index contributed by atoms with van der Waals surface area (Å²) in [6.07, 6.45) is 0.483. The van der Waals surface area contributed by atoms with Crippen LogP contribution in [0.15, 0.2) is 27.4 Å². The average molecular weight is 259 g/mol. The number of aromatic amines is 1. The van der Waals surface area contributed by atoms with Crippen LogP contribution in [-0.4, -0.2) is 10.9 Å². The van der Waals surface area contributed by atoms with E-state index in [1.807, 2.05) is 6.07 Å². The van der Waals surface area contributed by atoms with Crippen molar-refractivity contribution < 1.29 is 9.21 Å². The zero-order valence-electron chi connectivity index (χ0n) is 10.4. The Kier molecular flexibility index (Phi) is 3.66. The first-order valence-electron chi connectivity index (χ1n) is 5.93. The monoisotopic (exact) mass is 259 g/mol. The minimum Gasteiger partial charge on any atom is -0.408 e. The van der Waals surface area contributed by atoms with Gasteiger partial charge in [-0.1, -0.05) is 13.0 Å². The number of nitriles is 1. The van der Waals surface area contributed by atoms with Crippen molar-refractivity contribution in [3.05, 3.63) is 34.3 Å². The van der Waals surface area contributed by atoms with Crippen LogP contribution in [-0.2, 0) is 11.3 Å². The molecule has 0 spiro atoms. The summed E-state index contributed by atoms with van der Waals surface area (Å²) in [6, 6.07) is 7.10. The lowest BCUT2D eigenvalue weighted by molar-refractivity contribution is -0.123. The molecule has 1 unspecified atom stereocenters. The van der Waals surface area contributed by atoms with Gasteiger partial charge in [0.25, 0.3) is 0 Å². The van der Waals surface area contributed by atoms with Gasteiger partial charge in [0.05, 0.1) is 11.6 Å². The standard InChI is InChI=1S/C13H13N3O3/c1-2-9(6-14)12(17)15-7-8-3-4-11-10(5-8)16-13(18)19-11/h3-5,9H,2,7H2,1H3,(H,15,17)(H,16,18). The summed E-state index contributed by atoms with van der Waals surface area (Å²) in [6.45, 7) is 2.09. The second kappa shape index (κ2) is 5.40.